The minimum absolute atomic E-state index is 0.0101. The summed E-state index contributed by atoms with van der Waals surface area (Å²) in [6.07, 6.45) is 0.578. The van der Waals surface area contributed by atoms with Crippen LogP contribution >= 0.6 is 15.9 Å². The van der Waals surface area contributed by atoms with E-state index in [1.807, 2.05) is 36.4 Å². The van der Waals surface area contributed by atoms with Crippen molar-refractivity contribution in [3.63, 3.8) is 0 Å². The van der Waals surface area contributed by atoms with Crippen LogP contribution in [0.4, 0.5) is 0 Å². The van der Waals surface area contributed by atoms with Crippen LogP contribution in [0.15, 0.2) is 94.3 Å². The van der Waals surface area contributed by atoms with E-state index in [0.29, 0.717) is 24.4 Å². The molecule has 0 fully saturated rings. The van der Waals surface area contributed by atoms with Crippen LogP contribution < -0.4 is 0 Å². The number of rotatable bonds is 10. The van der Waals surface area contributed by atoms with Gasteiger partial charge >= 0.3 is 0 Å². The molecule has 0 amide bonds. The Bertz CT molecular complexity index is 970. The van der Waals surface area contributed by atoms with E-state index >= 15 is 0 Å². The quantitative estimate of drug-likeness (QED) is 0.450. The van der Waals surface area contributed by atoms with E-state index < -0.39 is 9.84 Å². The van der Waals surface area contributed by atoms with Crippen molar-refractivity contribution in [1.82, 2.24) is 4.90 Å². The van der Waals surface area contributed by atoms with Crippen LogP contribution in [0.25, 0.3) is 0 Å². The fourth-order valence-corrected chi connectivity index (χ4v) is 5.05. The molecule has 0 aliphatic heterocycles. The molecule has 30 heavy (non-hydrogen) atoms. The van der Waals surface area contributed by atoms with E-state index in [4.69, 9.17) is 0 Å². The molecule has 6 heteroatoms. The molecule has 0 atom stereocenters. The number of nitrogens with zero attached hydrogens (tertiary/aromatic N) is 1. The summed E-state index contributed by atoms with van der Waals surface area (Å²) in [6, 6.07) is 26.8. The summed E-state index contributed by atoms with van der Waals surface area (Å²) in [6.45, 7) is 1.03. The van der Waals surface area contributed by atoms with Crippen molar-refractivity contribution in [2.75, 3.05) is 25.4 Å². The minimum Gasteiger partial charge on any atom is -0.396 e. The summed E-state index contributed by atoms with van der Waals surface area (Å²) in [4.78, 5) is 2.47. The van der Waals surface area contributed by atoms with Crippen LogP contribution in [-0.4, -0.2) is 43.9 Å². The van der Waals surface area contributed by atoms with Crippen molar-refractivity contribution in [2.45, 2.75) is 17.4 Å². The Morgan fingerprint density at radius 3 is 1.83 bits per heavy atom. The topological polar surface area (TPSA) is 57.6 Å². The highest BCUT2D eigenvalue weighted by Crippen LogP contribution is 2.29. The zero-order valence-electron chi connectivity index (χ0n) is 16.7. The number of hydrogen-bond donors (Lipinski definition) is 1. The highest BCUT2D eigenvalue weighted by Gasteiger charge is 2.24. The lowest BCUT2D eigenvalue weighted by atomic mass is 9.97. The lowest BCUT2D eigenvalue weighted by molar-refractivity contribution is 0.202. The summed E-state index contributed by atoms with van der Waals surface area (Å²) in [5.74, 6) is 0.0101. The maximum atomic E-state index is 12.9. The number of aliphatic hydroxyl groups excluding tert-OH is 1. The van der Waals surface area contributed by atoms with Crippen LogP contribution in [0.1, 0.15) is 23.6 Å². The average molecular weight is 488 g/mol. The molecule has 4 nitrogen and oxygen atoms in total. The van der Waals surface area contributed by atoms with E-state index in [1.165, 1.54) is 0 Å². The van der Waals surface area contributed by atoms with Crippen LogP contribution in [0, 0.1) is 0 Å². The molecule has 0 saturated heterocycles. The molecular formula is C24H26BrNO3S. The Labute approximate surface area is 187 Å². The molecule has 0 radical (unpaired) electrons. The average Bonchev–Trinajstić information content (AvgIpc) is 2.77. The lowest BCUT2D eigenvalue weighted by Gasteiger charge is -2.32. The summed E-state index contributed by atoms with van der Waals surface area (Å²) >= 11 is 3.35. The third-order valence-corrected chi connectivity index (χ3v) is 7.26. The van der Waals surface area contributed by atoms with Gasteiger partial charge < -0.3 is 5.11 Å². The minimum atomic E-state index is -3.42. The normalized spacial score (nSPS) is 11.9. The number of benzene rings is 3. The van der Waals surface area contributed by atoms with Gasteiger partial charge in [-0.1, -0.05) is 76.6 Å². The third-order valence-electron chi connectivity index (χ3n) is 5.02. The van der Waals surface area contributed by atoms with Crippen molar-refractivity contribution in [3.05, 3.63) is 101 Å². The first-order valence-corrected chi connectivity index (χ1v) is 12.4. The lowest BCUT2D eigenvalue weighted by Crippen LogP contribution is -2.35. The molecule has 3 rings (SSSR count). The number of sulfone groups is 1. The SMILES string of the molecule is O=S(=O)(CCN(CCCO)C(c1ccccc1)c1ccccc1)c1ccc(Br)cc1. The van der Waals surface area contributed by atoms with Gasteiger partial charge in [0.05, 0.1) is 16.7 Å². The van der Waals surface area contributed by atoms with Gasteiger partial charge in [0.1, 0.15) is 0 Å². The van der Waals surface area contributed by atoms with E-state index in [-0.39, 0.29) is 18.4 Å². The standard InChI is InChI=1S/C24H26BrNO3S/c25-22-12-14-23(15-13-22)30(28,29)19-17-26(16-7-18-27)24(20-8-3-1-4-9-20)21-10-5-2-6-11-21/h1-6,8-15,24,27H,7,16-19H2. The first-order valence-electron chi connectivity index (χ1n) is 9.94. The first-order chi connectivity index (χ1) is 14.5. The molecule has 0 aliphatic rings. The van der Waals surface area contributed by atoms with Crippen molar-refractivity contribution in [2.24, 2.45) is 0 Å². The number of halogens is 1. The Morgan fingerprint density at radius 1 is 0.800 bits per heavy atom. The molecule has 1 N–H and O–H groups in total. The second-order valence-electron chi connectivity index (χ2n) is 7.11. The second-order valence-corrected chi connectivity index (χ2v) is 10.1. The van der Waals surface area contributed by atoms with Crippen LogP contribution in [0.5, 0.6) is 0 Å². The van der Waals surface area contributed by atoms with Crippen molar-refractivity contribution in [3.8, 4) is 0 Å². The predicted molar refractivity (Wildman–Crippen MR) is 124 cm³/mol. The number of aliphatic hydroxyl groups is 1. The Morgan fingerprint density at radius 2 is 1.33 bits per heavy atom. The summed E-state index contributed by atoms with van der Waals surface area (Å²) < 4.78 is 26.7. The van der Waals surface area contributed by atoms with E-state index in [0.717, 1.165) is 15.6 Å². The molecule has 0 unspecified atom stereocenters. The van der Waals surface area contributed by atoms with Gasteiger partial charge in [0.15, 0.2) is 9.84 Å². The second kappa shape index (κ2) is 10.9. The van der Waals surface area contributed by atoms with Gasteiger partial charge in [-0.25, -0.2) is 8.42 Å². The van der Waals surface area contributed by atoms with Gasteiger partial charge in [0.2, 0.25) is 0 Å². The molecule has 3 aromatic rings. The Hall–Kier alpha value is -1.99. The largest absolute Gasteiger partial charge is 0.396 e. The zero-order valence-corrected chi connectivity index (χ0v) is 19.1. The van der Waals surface area contributed by atoms with Gasteiger partial charge in [-0.3, -0.25) is 4.90 Å². The molecule has 0 spiro atoms. The molecule has 3 aromatic carbocycles. The van der Waals surface area contributed by atoms with Gasteiger partial charge in [-0.2, -0.15) is 0 Å². The molecule has 0 bridgehead atoms. The molecular weight excluding hydrogens is 462 g/mol. The van der Waals surface area contributed by atoms with Gasteiger partial charge in [-0.15, -0.1) is 0 Å². The summed E-state index contributed by atoms with van der Waals surface area (Å²) in [5.41, 5.74) is 2.20. The van der Waals surface area contributed by atoms with E-state index in [9.17, 15) is 13.5 Å². The predicted octanol–water partition coefficient (Wildman–Crippen LogP) is 4.70. The summed E-state index contributed by atoms with van der Waals surface area (Å²) in [7, 11) is -3.42. The highest BCUT2D eigenvalue weighted by atomic mass is 79.9. The van der Waals surface area contributed by atoms with Gasteiger partial charge in [0, 0.05) is 24.2 Å². The highest BCUT2D eigenvalue weighted by molar-refractivity contribution is 9.10. The van der Waals surface area contributed by atoms with Crippen LogP contribution in [0.3, 0.4) is 0 Å². The summed E-state index contributed by atoms with van der Waals surface area (Å²) in [5, 5.41) is 9.42. The molecule has 158 valence electrons. The maximum absolute atomic E-state index is 12.9. The maximum Gasteiger partial charge on any atom is 0.179 e. The molecule has 0 heterocycles. The van der Waals surface area contributed by atoms with E-state index in [2.05, 4.69) is 45.1 Å². The Kier molecular flexibility index (Phi) is 8.22. The molecule has 0 saturated carbocycles. The van der Waals surface area contributed by atoms with Crippen LogP contribution in [0.2, 0.25) is 0 Å². The molecule has 0 aromatic heterocycles. The fraction of sp³-hybridized carbons (Fsp3) is 0.250. The fourth-order valence-electron chi connectivity index (χ4n) is 3.53. The van der Waals surface area contributed by atoms with Gasteiger partial charge in [-0.05, 0) is 41.8 Å². The van der Waals surface area contributed by atoms with Crippen LogP contribution in [-0.2, 0) is 9.84 Å². The van der Waals surface area contributed by atoms with Crippen molar-refractivity contribution in [1.29, 1.82) is 0 Å². The monoisotopic (exact) mass is 487 g/mol. The Balaban J connectivity index is 1.89. The number of hydrogen-bond acceptors (Lipinski definition) is 4. The first kappa shape index (κ1) is 22.7. The van der Waals surface area contributed by atoms with E-state index in [1.54, 1.807) is 24.3 Å². The molecule has 0 aliphatic carbocycles. The smallest absolute Gasteiger partial charge is 0.179 e. The van der Waals surface area contributed by atoms with Crippen molar-refractivity contribution >= 4 is 25.8 Å². The van der Waals surface area contributed by atoms with Crippen molar-refractivity contribution < 1.29 is 13.5 Å². The zero-order chi connectivity index (χ0) is 21.4. The third kappa shape index (κ3) is 6.01. The van der Waals surface area contributed by atoms with Gasteiger partial charge in [0.25, 0.3) is 0 Å².